The molecule has 0 radical (unpaired) electrons. The summed E-state index contributed by atoms with van der Waals surface area (Å²) in [5.41, 5.74) is 0. The van der Waals surface area contributed by atoms with Crippen molar-refractivity contribution in [3.8, 4) is 0 Å². The Morgan fingerprint density at radius 1 is 1.21 bits per heavy atom. The molecule has 0 amide bonds. The van der Waals surface area contributed by atoms with Gasteiger partial charge < -0.3 is 4.74 Å². The second-order valence-corrected chi connectivity index (χ2v) is 5.06. The smallest absolute Gasteiger partial charge is 0.0630 e. The van der Waals surface area contributed by atoms with Gasteiger partial charge in [-0.3, -0.25) is 4.90 Å². The summed E-state index contributed by atoms with van der Waals surface area (Å²) in [5.74, 6) is 0. The van der Waals surface area contributed by atoms with E-state index in [4.69, 9.17) is 4.74 Å². The van der Waals surface area contributed by atoms with Gasteiger partial charge in [-0.2, -0.15) is 0 Å². The summed E-state index contributed by atoms with van der Waals surface area (Å²) < 4.78 is 5.52. The highest BCUT2D eigenvalue weighted by molar-refractivity contribution is 9.09. The summed E-state index contributed by atoms with van der Waals surface area (Å²) in [6.45, 7) is 2.99. The fourth-order valence-corrected chi connectivity index (χ4v) is 3.25. The quantitative estimate of drug-likeness (QED) is 0.709. The van der Waals surface area contributed by atoms with Crippen LogP contribution in [0, 0.1) is 0 Å². The van der Waals surface area contributed by atoms with Crippen LogP contribution in [0.2, 0.25) is 0 Å². The van der Waals surface area contributed by atoms with Crippen molar-refractivity contribution >= 4 is 15.9 Å². The first kappa shape index (κ1) is 10.9. The summed E-state index contributed by atoms with van der Waals surface area (Å²) in [7, 11) is 0. The third kappa shape index (κ3) is 2.50. The van der Waals surface area contributed by atoms with Crippen LogP contribution in [-0.4, -0.2) is 42.1 Å². The Morgan fingerprint density at radius 3 is 2.71 bits per heavy atom. The predicted octanol–water partition coefficient (Wildman–Crippen LogP) is 2.41. The maximum absolute atomic E-state index is 5.52. The zero-order chi connectivity index (χ0) is 9.80. The Bertz CT molecular complexity index is 171. The van der Waals surface area contributed by atoms with Gasteiger partial charge in [-0.15, -0.1) is 0 Å². The van der Waals surface area contributed by atoms with E-state index in [1.165, 1.54) is 32.1 Å². The molecule has 1 saturated heterocycles. The molecule has 0 bridgehead atoms. The number of rotatable bonds is 2. The first-order chi connectivity index (χ1) is 6.92. The first-order valence-corrected chi connectivity index (χ1v) is 6.93. The highest BCUT2D eigenvalue weighted by atomic mass is 79.9. The molecule has 2 aliphatic rings. The average molecular weight is 262 g/mol. The summed E-state index contributed by atoms with van der Waals surface area (Å²) in [4.78, 5) is 2.68. The van der Waals surface area contributed by atoms with E-state index < -0.39 is 0 Å². The van der Waals surface area contributed by atoms with Gasteiger partial charge >= 0.3 is 0 Å². The van der Waals surface area contributed by atoms with Gasteiger partial charge in [-0.05, 0) is 12.8 Å². The number of morpholine rings is 1. The highest BCUT2D eigenvalue weighted by Crippen LogP contribution is 2.25. The first-order valence-electron chi connectivity index (χ1n) is 5.81. The zero-order valence-electron chi connectivity index (χ0n) is 8.75. The molecule has 0 aromatic heterocycles. The molecule has 1 atom stereocenters. The number of halogens is 1. The van der Waals surface area contributed by atoms with Gasteiger partial charge in [0.2, 0.25) is 0 Å². The fraction of sp³-hybridized carbons (Fsp3) is 1.00. The molecule has 2 rings (SSSR count). The van der Waals surface area contributed by atoms with Crippen LogP contribution in [0.4, 0.5) is 0 Å². The van der Waals surface area contributed by atoms with Crippen LogP contribution in [0.3, 0.4) is 0 Å². The van der Waals surface area contributed by atoms with Crippen LogP contribution in [0.1, 0.15) is 32.1 Å². The van der Waals surface area contributed by atoms with Crippen molar-refractivity contribution in [2.45, 2.75) is 44.2 Å². The largest absolute Gasteiger partial charge is 0.378 e. The van der Waals surface area contributed by atoms with Crippen LogP contribution in [0.25, 0.3) is 0 Å². The second kappa shape index (κ2) is 5.47. The Labute approximate surface area is 95.1 Å². The van der Waals surface area contributed by atoms with Crippen molar-refractivity contribution in [1.82, 2.24) is 4.90 Å². The van der Waals surface area contributed by atoms with Gasteiger partial charge in [-0.1, -0.05) is 35.2 Å². The van der Waals surface area contributed by atoms with Crippen LogP contribution in [0.5, 0.6) is 0 Å². The lowest BCUT2D eigenvalue weighted by Gasteiger charge is -2.42. The van der Waals surface area contributed by atoms with E-state index >= 15 is 0 Å². The minimum absolute atomic E-state index is 0.617. The Morgan fingerprint density at radius 2 is 2.00 bits per heavy atom. The maximum Gasteiger partial charge on any atom is 0.0630 e. The molecule has 2 fully saturated rings. The van der Waals surface area contributed by atoms with Gasteiger partial charge in [0.15, 0.2) is 0 Å². The van der Waals surface area contributed by atoms with E-state index in [0.717, 1.165) is 31.1 Å². The predicted molar refractivity (Wildman–Crippen MR) is 62.0 cm³/mol. The van der Waals surface area contributed by atoms with Gasteiger partial charge in [0.05, 0.1) is 13.2 Å². The van der Waals surface area contributed by atoms with Gasteiger partial charge in [-0.25, -0.2) is 0 Å². The van der Waals surface area contributed by atoms with Crippen LogP contribution < -0.4 is 0 Å². The minimum atomic E-state index is 0.617. The van der Waals surface area contributed by atoms with E-state index in [1.807, 2.05) is 0 Å². The SMILES string of the molecule is BrCC1COCCN1C1CCCCC1. The molecule has 2 nitrogen and oxygen atoms in total. The Hall–Kier alpha value is 0.400. The molecular formula is C11H20BrNO. The van der Waals surface area contributed by atoms with Crippen molar-refractivity contribution in [1.29, 1.82) is 0 Å². The van der Waals surface area contributed by atoms with Crippen molar-refractivity contribution in [3.05, 3.63) is 0 Å². The third-order valence-electron chi connectivity index (χ3n) is 3.49. The molecule has 1 unspecified atom stereocenters. The second-order valence-electron chi connectivity index (χ2n) is 4.41. The van der Waals surface area contributed by atoms with E-state index in [0.29, 0.717) is 6.04 Å². The molecule has 1 aliphatic heterocycles. The average Bonchev–Trinajstić information content (AvgIpc) is 2.30. The number of alkyl halides is 1. The molecule has 82 valence electrons. The maximum atomic E-state index is 5.52. The van der Waals surface area contributed by atoms with Crippen molar-refractivity contribution in [3.63, 3.8) is 0 Å². The van der Waals surface area contributed by atoms with Gasteiger partial charge in [0, 0.05) is 24.0 Å². The van der Waals surface area contributed by atoms with Crippen molar-refractivity contribution < 1.29 is 4.74 Å². The van der Waals surface area contributed by atoms with Gasteiger partial charge in [0.25, 0.3) is 0 Å². The molecule has 3 heteroatoms. The van der Waals surface area contributed by atoms with E-state index in [9.17, 15) is 0 Å². The van der Waals surface area contributed by atoms with Crippen molar-refractivity contribution in [2.75, 3.05) is 25.1 Å². The van der Waals surface area contributed by atoms with Gasteiger partial charge in [0.1, 0.15) is 0 Å². The Balaban J connectivity index is 1.91. The molecule has 0 spiro atoms. The summed E-state index contributed by atoms with van der Waals surface area (Å²) >= 11 is 3.60. The van der Waals surface area contributed by atoms with Crippen LogP contribution in [0.15, 0.2) is 0 Å². The number of hydrogen-bond donors (Lipinski definition) is 0. The number of ether oxygens (including phenoxy) is 1. The van der Waals surface area contributed by atoms with Crippen LogP contribution in [-0.2, 0) is 4.74 Å². The molecule has 0 aromatic rings. The minimum Gasteiger partial charge on any atom is -0.378 e. The lowest BCUT2D eigenvalue weighted by Crippen LogP contribution is -2.52. The normalized spacial score (nSPS) is 31.9. The third-order valence-corrected chi connectivity index (χ3v) is 4.24. The number of nitrogens with zero attached hydrogens (tertiary/aromatic N) is 1. The molecular weight excluding hydrogens is 242 g/mol. The lowest BCUT2D eigenvalue weighted by atomic mass is 9.93. The lowest BCUT2D eigenvalue weighted by molar-refractivity contribution is -0.0269. The molecule has 14 heavy (non-hydrogen) atoms. The molecule has 0 aromatic carbocycles. The summed E-state index contributed by atoms with van der Waals surface area (Å²) in [6.07, 6.45) is 7.11. The molecule has 1 saturated carbocycles. The standard InChI is InChI=1S/C11H20BrNO/c12-8-11-9-14-7-6-13(11)10-4-2-1-3-5-10/h10-11H,1-9H2. The molecule has 1 aliphatic carbocycles. The summed E-state index contributed by atoms with van der Waals surface area (Å²) in [5, 5.41) is 1.06. The number of hydrogen-bond acceptors (Lipinski definition) is 2. The zero-order valence-corrected chi connectivity index (χ0v) is 10.3. The molecule has 0 N–H and O–H groups in total. The summed E-state index contributed by atoms with van der Waals surface area (Å²) in [6, 6.07) is 1.46. The van der Waals surface area contributed by atoms with E-state index in [-0.39, 0.29) is 0 Å². The van der Waals surface area contributed by atoms with E-state index in [2.05, 4.69) is 20.8 Å². The van der Waals surface area contributed by atoms with Crippen molar-refractivity contribution in [2.24, 2.45) is 0 Å². The van der Waals surface area contributed by atoms with Crippen LogP contribution >= 0.6 is 15.9 Å². The molecule has 1 heterocycles. The highest BCUT2D eigenvalue weighted by Gasteiger charge is 2.29. The van der Waals surface area contributed by atoms with E-state index in [1.54, 1.807) is 0 Å². The topological polar surface area (TPSA) is 12.5 Å². The Kier molecular flexibility index (Phi) is 4.26. The fourth-order valence-electron chi connectivity index (χ4n) is 2.69. The monoisotopic (exact) mass is 261 g/mol.